The van der Waals surface area contributed by atoms with Gasteiger partial charge in [-0.25, -0.2) is 4.98 Å². The number of aromatic amines is 1. The molecule has 0 bridgehead atoms. The minimum absolute atomic E-state index is 0.195. The largest absolute Gasteiger partial charge is 0.347 e. The van der Waals surface area contributed by atoms with Crippen LogP contribution in [0.15, 0.2) is 47.5 Å². The number of rotatable bonds is 3. The van der Waals surface area contributed by atoms with E-state index in [0.717, 1.165) is 11.8 Å². The molecule has 0 saturated carbocycles. The molecule has 0 saturated heterocycles. The fraction of sp³-hybridized carbons (Fsp3) is 0.0833. The van der Waals surface area contributed by atoms with E-state index in [2.05, 4.69) is 15.3 Å². The van der Waals surface area contributed by atoms with Crippen LogP contribution in [0.4, 0.5) is 0 Å². The lowest BCUT2D eigenvalue weighted by Crippen LogP contribution is -2.25. The van der Waals surface area contributed by atoms with Crippen LogP contribution in [0.25, 0.3) is 0 Å². The first-order chi connectivity index (χ1) is 8.25. The van der Waals surface area contributed by atoms with Gasteiger partial charge in [-0.3, -0.25) is 9.59 Å². The van der Waals surface area contributed by atoms with Crippen molar-refractivity contribution in [3.8, 4) is 0 Å². The van der Waals surface area contributed by atoms with E-state index in [1.54, 1.807) is 0 Å². The van der Waals surface area contributed by atoms with Crippen molar-refractivity contribution in [2.45, 2.75) is 6.54 Å². The van der Waals surface area contributed by atoms with Gasteiger partial charge in [-0.2, -0.15) is 0 Å². The van der Waals surface area contributed by atoms with Gasteiger partial charge in [0, 0.05) is 12.7 Å². The molecule has 1 aromatic heterocycles. The Kier molecular flexibility index (Phi) is 3.30. The highest BCUT2D eigenvalue weighted by Gasteiger charge is 2.05. The lowest BCUT2D eigenvalue weighted by Gasteiger charge is -2.03. The van der Waals surface area contributed by atoms with Gasteiger partial charge in [-0.15, -0.1) is 0 Å². The van der Waals surface area contributed by atoms with Crippen LogP contribution in [0.2, 0.25) is 0 Å². The second-order valence-electron chi connectivity index (χ2n) is 3.46. The van der Waals surface area contributed by atoms with Crippen molar-refractivity contribution in [2.24, 2.45) is 0 Å². The number of carbonyl (C=O) groups excluding carboxylic acids is 1. The van der Waals surface area contributed by atoms with Crippen molar-refractivity contribution < 1.29 is 4.79 Å². The fourth-order valence-electron chi connectivity index (χ4n) is 1.34. The summed E-state index contributed by atoms with van der Waals surface area (Å²) in [5.41, 5.74) is 0.871. The number of nitrogens with zero attached hydrogens (tertiary/aromatic N) is 1. The average molecular weight is 229 g/mol. The zero-order valence-corrected chi connectivity index (χ0v) is 9.01. The highest BCUT2D eigenvalue weighted by molar-refractivity contribution is 5.91. The van der Waals surface area contributed by atoms with E-state index in [1.165, 1.54) is 6.20 Å². The highest BCUT2D eigenvalue weighted by Crippen LogP contribution is 1.98. The second kappa shape index (κ2) is 5.07. The lowest BCUT2D eigenvalue weighted by molar-refractivity contribution is 0.0945. The zero-order valence-electron chi connectivity index (χ0n) is 9.01. The summed E-state index contributed by atoms with van der Waals surface area (Å²) in [6, 6.07) is 9.55. The van der Waals surface area contributed by atoms with Crippen LogP contribution in [-0.4, -0.2) is 15.9 Å². The minimum atomic E-state index is -0.329. The summed E-state index contributed by atoms with van der Waals surface area (Å²) in [6.07, 6.45) is 2.38. The number of hydrogen-bond acceptors (Lipinski definition) is 3. The van der Waals surface area contributed by atoms with E-state index < -0.39 is 0 Å². The van der Waals surface area contributed by atoms with Crippen molar-refractivity contribution >= 4 is 5.91 Å². The molecular weight excluding hydrogens is 218 g/mol. The lowest BCUT2D eigenvalue weighted by atomic mass is 10.2. The molecule has 1 heterocycles. The number of aromatic nitrogens is 2. The zero-order chi connectivity index (χ0) is 12.1. The molecule has 0 atom stereocenters. The van der Waals surface area contributed by atoms with Gasteiger partial charge in [0.15, 0.2) is 0 Å². The van der Waals surface area contributed by atoms with Crippen LogP contribution < -0.4 is 10.9 Å². The van der Waals surface area contributed by atoms with E-state index in [0.29, 0.717) is 6.54 Å². The van der Waals surface area contributed by atoms with Crippen LogP contribution in [0, 0.1) is 0 Å². The van der Waals surface area contributed by atoms with E-state index in [-0.39, 0.29) is 17.2 Å². The monoisotopic (exact) mass is 229 g/mol. The molecule has 2 N–H and O–H groups in total. The topological polar surface area (TPSA) is 74.8 Å². The molecule has 2 rings (SSSR count). The molecule has 0 radical (unpaired) electrons. The van der Waals surface area contributed by atoms with Gasteiger partial charge in [-0.05, 0) is 5.56 Å². The molecular formula is C12H11N3O2. The van der Waals surface area contributed by atoms with Gasteiger partial charge in [0.05, 0.1) is 6.20 Å². The number of hydrogen-bond donors (Lipinski definition) is 2. The molecule has 0 spiro atoms. The molecule has 1 aromatic carbocycles. The summed E-state index contributed by atoms with van der Waals surface area (Å²) in [7, 11) is 0. The van der Waals surface area contributed by atoms with Crippen LogP contribution in [-0.2, 0) is 6.54 Å². The molecule has 0 unspecified atom stereocenters. The standard InChI is InChI=1S/C12H11N3O2/c16-11-8-13-10(7-14-11)12(17)15-6-9-4-2-1-3-5-9/h1-5,7-8H,6H2,(H,14,16)(H,15,17). The Morgan fingerprint density at radius 2 is 2.06 bits per heavy atom. The van der Waals surface area contributed by atoms with E-state index >= 15 is 0 Å². The highest BCUT2D eigenvalue weighted by atomic mass is 16.2. The van der Waals surface area contributed by atoms with Gasteiger partial charge in [0.2, 0.25) is 0 Å². The Hall–Kier alpha value is -2.43. The predicted octanol–water partition coefficient (Wildman–Crippen LogP) is 0.700. The second-order valence-corrected chi connectivity index (χ2v) is 3.46. The molecule has 2 aromatic rings. The molecule has 5 nitrogen and oxygen atoms in total. The fourth-order valence-corrected chi connectivity index (χ4v) is 1.34. The molecule has 0 aliphatic rings. The number of amides is 1. The Bertz CT molecular complexity index is 543. The number of carbonyl (C=O) groups is 1. The molecule has 1 amide bonds. The first-order valence-electron chi connectivity index (χ1n) is 5.12. The van der Waals surface area contributed by atoms with Gasteiger partial charge in [0.25, 0.3) is 11.5 Å². The van der Waals surface area contributed by atoms with Crippen molar-refractivity contribution in [3.05, 3.63) is 64.3 Å². The maximum absolute atomic E-state index is 11.6. The molecule has 5 heteroatoms. The molecule has 86 valence electrons. The summed E-state index contributed by atoms with van der Waals surface area (Å²) >= 11 is 0. The first-order valence-corrected chi connectivity index (χ1v) is 5.12. The Morgan fingerprint density at radius 3 is 2.71 bits per heavy atom. The van der Waals surface area contributed by atoms with Crippen LogP contribution in [0.3, 0.4) is 0 Å². The molecule has 0 aliphatic heterocycles. The van der Waals surface area contributed by atoms with Crippen molar-refractivity contribution in [2.75, 3.05) is 0 Å². The van der Waals surface area contributed by atoms with E-state index in [4.69, 9.17) is 0 Å². The normalized spacial score (nSPS) is 9.88. The van der Waals surface area contributed by atoms with Crippen LogP contribution in [0.5, 0.6) is 0 Å². The first kappa shape index (κ1) is 11.1. The summed E-state index contributed by atoms with van der Waals surface area (Å²) in [5, 5.41) is 2.71. The number of H-pyrrole nitrogens is 1. The maximum Gasteiger partial charge on any atom is 0.271 e. The van der Waals surface area contributed by atoms with Crippen LogP contribution in [0.1, 0.15) is 16.1 Å². The van der Waals surface area contributed by atoms with Crippen molar-refractivity contribution in [1.29, 1.82) is 0 Å². The Morgan fingerprint density at radius 1 is 1.29 bits per heavy atom. The molecule has 17 heavy (non-hydrogen) atoms. The molecule has 0 fully saturated rings. The van der Waals surface area contributed by atoms with Crippen molar-refractivity contribution in [1.82, 2.24) is 15.3 Å². The summed E-state index contributed by atoms with van der Waals surface area (Å²) in [5.74, 6) is -0.315. The SMILES string of the molecule is O=C(NCc1ccccc1)c1c[nH]c(=O)cn1. The third kappa shape index (κ3) is 3.01. The summed E-state index contributed by atoms with van der Waals surface area (Å²) in [6.45, 7) is 0.431. The third-order valence-electron chi connectivity index (χ3n) is 2.20. The summed E-state index contributed by atoms with van der Waals surface area (Å²) < 4.78 is 0. The van der Waals surface area contributed by atoms with Gasteiger partial charge < -0.3 is 10.3 Å². The van der Waals surface area contributed by atoms with Crippen LogP contribution >= 0.6 is 0 Å². The van der Waals surface area contributed by atoms with E-state index in [1.807, 2.05) is 30.3 Å². The average Bonchev–Trinajstić information content (AvgIpc) is 2.38. The maximum atomic E-state index is 11.6. The Balaban J connectivity index is 1.98. The summed E-state index contributed by atoms with van der Waals surface area (Å²) in [4.78, 5) is 28.5. The molecule has 0 aliphatic carbocycles. The quantitative estimate of drug-likeness (QED) is 0.813. The third-order valence-corrected chi connectivity index (χ3v) is 2.20. The smallest absolute Gasteiger partial charge is 0.271 e. The van der Waals surface area contributed by atoms with Crippen molar-refractivity contribution in [3.63, 3.8) is 0 Å². The van der Waals surface area contributed by atoms with Gasteiger partial charge in [-0.1, -0.05) is 30.3 Å². The van der Waals surface area contributed by atoms with Gasteiger partial charge >= 0.3 is 0 Å². The number of nitrogens with one attached hydrogen (secondary N) is 2. The Labute approximate surface area is 97.5 Å². The predicted molar refractivity (Wildman–Crippen MR) is 62.5 cm³/mol. The van der Waals surface area contributed by atoms with E-state index in [9.17, 15) is 9.59 Å². The number of benzene rings is 1. The van der Waals surface area contributed by atoms with Gasteiger partial charge in [0.1, 0.15) is 5.69 Å². The minimum Gasteiger partial charge on any atom is -0.347 e.